The molecule has 0 bridgehead atoms. The van der Waals surface area contributed by atoms with Crippen molar-refractivity contribution in [3.05, 3.63) is 66.6 Å². The summed E-state index contributed by atoms with van der Waals surface area (Å²) in [5.74, 6) is 0. The van der Waals surface area contributed by atoms with Crippen molar-refractivity contribution < 1.29 is 0 Å². The van der Waals surface area contributed by atoms with Gasteiger partial charge in [-0.15, -0.1) is 0 Å². The zero-order valence-corrected chi connectivity index (χ0v) is 10.8. The lowest BCUT2D eigenvalue weighted by Gasteiger charge is -2.07. The van der Waals surface area contributed by atoms with Crippen LogP contribution in [0, 0.1) is 0 Å². The van der Waals surface area contributed by atoms with E-state index in [1.807, 2.05) is 24.4 Å². The monoisotopic (exact) mass is 251 g/mol. The van der Waals surface area contributed by atoms with Crippen LogP contribution in [-0.2, 0) is 13.1 Å². The zero-order valence-electron chi connectivity index (χ0n) is 10.8. The van der Waals surface area contributed by atoms with Gasteiger partial charge in [0, 0.05) is 37.5 Å². The van der Waals surface area contributed by atoms with Crippen molar-refractivity contribution in [3.8, 4) is 0 Å². The molecule has 0 saturated heterocycles. The number of nitrogens with one attached hydrogen (secondary N) is 1. The fraction of sp³-hybridized carbons (Fsp3) is 0.188. The summed E-state index contributed by atoms with van der Waals surface area (Å²) in [7, 11) is 0. The van der Waals surface area contributed by atoms with Crippen LogP contribution in [0.2, 0.25) is 0 Å². The Labute approximate surface area is 112 Å². The van der Waals surface area contributed by atoms with Crippen molar-refractivity contribution in [2.45, 2.75) is 13.1 Å². The molecule has 0 amide bonds. The third-order valence-corrected chi connectivity index (χ3v) is 3.24. The summed E-state index contributed by atoms with van der Waals surface area (Å²) in [6, 6.07) is 16.6. The molecule has 2 heterocycles. The maximum atomic E-state index is 4.29. The van der Waals surface area contributed by atoms with Crippen molar-refractivity contribution in [1.82, 2.24) is 14.9 Å². The number of benzene rings is 1. The standard InChI is InChI=1S/C16H17N3/c1-2-7-16-14(5-1)8-11-19(16)12-10-17-13-15-6-3-4-9-18-15/h1-9,11,17H,10,12-13H2. The predicted molar refractivity (Wildman–Crippen MR) is 77.9 cm³/mol. The van der Waals surface area contributed by atoms with E-state index in [1.54, 1.807) is 0 Å². The Hall–Kier alpha value is -2.13. The maximum Gasteiger partial charge on any atom is 0.0541 e. The van der Waals surface area contributed by atoms with Crippen molar-refractivity contribution in [3.63, 3.8) is 0 Å². The first-order chi connectivity index (χ1) is 9.43. The number of fused-ring (bicyclic) bond motifs is 1. The lowest BCUT2D eigenvalue weighted by atomic mass is 10.2. The van der Waals surface area contributed by atoms with E-state index < -0.39 is 0 Å². The van der Waals surface area contributed by atoms with Gasteiger partial charge in [0.2, 0.25) is 0 Å². The molecule has 0 fully saturated rings. The van der Waals surface area contributed by atoms with Crippen LogP contribution in [0.3, 0.4) is 0 Å². The van der Waals surface area contributed by atoms with E-state index >= 15 is 0 Å². The molecular formula is C16H17N3. The van der Waals surface area contributed by atoms with Crippen LogP contribution in [0.15, 0.2) is 60.9 Å². The van der Waals surface area contributed by atoms with E-state index in [4.69, 9.17) is 0 Å². The molecule has 0 aliphatic carbocycles. The molecule has 3 heteroatoms. The van der Waals surface area contributed by atoms with Crippen molar-refractivity contribution in [2.24, 2.45) is 0 Å². The summed E-state index contributed by atoms with van der Waals surface area (Å²) in [6.45, 7) is 2.73. The van der Waals surface area contributed by atoms with Gasteiger partial charge < -0.3 is 9.88 Å². The van der Waals surface area contributed by atoms with Crippen LogP contribution in [0.4, 0.5) is 0 Å². The summed E-state index contributed by atoms with van der Waals surface area (Å²) in [5, 5.41) is 4.72. The van der Waals surface area contributed by atoms with E-state index in [-0.39, 0.29) is 0 Å². The summed E-state index contributed by atoms with van der Waals surface area (Å²) < 4.78 is 2.28. The number of nitrogens with zero attached hydrogens (tertiary/aromatic N) is 2. The van der Waals surface area contributed by atoms with Crippen LogP contribution in [0.5, 0.6) is 0 Å². The van der Waals surface area contributed by atoms with Crippen LogP contribution in [-0.4, -0.2) is 16.1 Å². The van der Waals surface area contributed by atoms with Gasteiger partial charge in [0.25, 0.3) is 0 Å². The highest BCUT2D eigenvalue weighted by Crippen LogP contribution is 2.14. The molecule has 1 N–H and O–H groups in total. The van der Waals surface area contributed by atoms with Crippen molar-refractivity contribution in [1.29, 1.82) is 0 Å². The summed E-state index contributed by atoms with van der Waals surface area (Å²) >= 11 is 0. The van der Waals surface area contributed by atoms with E-state index in [9.17, 15) is 0 Å². The molecule has 0 saturated carbocycles. The Morgan fingerprint density at radius 2 is 1.89 bits per heavy atom. The first kappa shape index (κ1) is 11.9. The molecule has 0 unspecified atom stereocenters. The highest BCUT2D eigenvalue weighted by Gasteiger charge is 1.99. The molecule has 3 rings (SSSR count). The van der Waals surface area contributed by atoms with Gasteiger partial charge in [-0.3, -0.25) is 4.98 Å². The Kier molecular flexibility index (Phi) is 3.56. The fourth-order valence-corrected chi connectivity index (χ4v) is 2.25. The van der Waals surface area contributed by atoms with Crippen LogP contribution >= 0.6 is 0 Å². The maximum absolute atomic E-state index is 4.29. The van der Waals surface area contributed by atoms with Crippen LogP contribution < -0.4 is 5.32 Å². The molecule has 96 valence electrons. The third kappa shape index (κ3) is 2.83. The Morgan fingerprint density at radius 1 is 1.00 bits per heavy atom. The number of aromatic nitrogens is 2. The molecule has 0 spiro atoms. The Morgan fingerprint density at radius 3 is 2.79 bits per heavy atom. The average molecular weight is 251 g/mol. The molecule has 0 atom stereocenters. The molecule has 0 aliphatic rings. The number of rotatable bonds is 5. The van der Waals surface area contributed by atoms with Gasteiger partial charge in [-0.05, 0) is 29.7 Å². The average Bonchev–Trinajstić information content (AvgIpc) is 2.88. The molecule has 3 nitrogen and oxygen atoms in total. The van der Waals surface area contributed by atoms with Gasteiger partial charge in [-0.25, -0.2) is 0 Å². The fourth-order valence-electron chi connectivity index (χ4n) is 2.25. The van der Waals surface area contributed by atoms with Crippen LogP contribution in [0.25, 0.3) is 10.9 Å². The van der Waals surface area contributed by atoms with Gasteiger partial charge in [0.1, 0.15) is 0 Å². The van der Waals surface area contributed by atoms with E-state index in [0.717, 1.165) is 25.3 Å². The van der Waals surface area contributed by atoms with Gasteiger partial charge in [-0.1, -0.05) is 24.3 Å². The lowest BCUT2D eigenvalue weighted by Crippen LogP contribution is -2.19. The smallest absolute Gasteiger partial charge is 0.0541 e. The predicted octanol–water partition coefficient (Wildman–Crippen LogP) is 2.83. The second-order valence-electron chi connectivity index (χ2n) is 4.57. The van der Waals surface area contributed by atoms with Gasteiger partial charge in [0.05, 0.1) is 5.69 Å². The number of hydrogen-bond donors (Lipinski definition) is 1. The van der Waals surface area contributed by atoms with Gasteiger partial charge >= 0.3 is 0 Å². The zero-order chi connectivity index (χ0) is 12.9. The molecule has 0 radical (unpaired) electrons. The summed E-state index contributed by atoms with van der Waals surface area (Å²) in [4.78, 5) is 4.29. The SMILES string of the molecule is c1ccc(CNCCn2ccc3ccccc32)nc1. The lowest BCUT2D eigenvalue weighted by molar-refractivity contribution is 0.603. The normalized spacial score (nSPS) is 10.9. The highest BCUT2D eigenvalue weighted by molar-refractivity contribution is 5.79. The van der Waals surface area contributed by atoms with E-state index in [1.165, 1.54) is 10.9 Å². The topological polar surface area (TPSA) is 29.9 Å². The minimum absolute atomic E-state index is 0.819. The van der Waals surface area contributed by atoms with E-state index in [0.29, 0.717) is 0 Å². The molecular weight excluding hydrogens is 234 g/mol. The molecule has 2 aromatic heterocycles. The number of pyridine rings is 1. The summed E-state index contributed by atoms with van der Waals surface area (Å²) in [5.41, 5.74) is 2.38. The second kappa shape index (κ2) is 5.67. The molecule has 19 heavy (non-hydrogen) atoms. The number of hydrogen-bond acceptors (Lipinski definition) is 2. The highest BCUT2D eigenvalue weighted by atomic mass is 15.0. The first-order valence-corrected chi connectivity index (χ1v) is 6.58. The van der Waals surface area contributed by atoms with Crippen LogP contribution in [0.1, 0.15) is 5.69 Å². The van der Waals surface area contributed by atoms with E-state index in [2.05, 4.69) is 51.4 Å². The van der Waals surface area contributed by atoms with Gasteiger partial charge in [0.15, 0.2) is 0 Å². The Bertz CT molecular complexity index is 643. The number of para-hydroxylation sites is 1. The summed E-state index contributed by atoms with van der Waals surface area (Å²) in [6.07, 6.45) is 3.98. The molecule has 0 aliphatic heterocycles. The quantitative estimate of drug-likeness (QED) is 0.707. The second-order valence-corrected chi connectivity index (χ2v) is 4.57. The largest absolute Gasteiger partial charge is 0.346 e. The third-order valence-electron chi connectivity index (χ3n) is 3.24. The minimum Gasteiger partial charge on any atom is -0.346 e. The minimum atomic E-state index is 0.819. The van der Waals surface area contributed by atoms with Crippen molar-refractivity contribution in [2.75, 3.05) is 6.54 Å². The molecule has 1 aromatic carbocycles. The Balaban J connectivity index is 1.55. The molecule has 3 aromatic rings. The van der Waals surface area contributed by atoms with Crippen molar-refractivity contribution >= 4 is 10.9 Å². The first-order valence-electron chi connectivity index (χ1n) is 6.58. The van der Waals surface area contributed by atoms with Gasteiger partial charge in [-0.2, -0.15) is 0 Å².